The first-order valence-corrected chi connectivity index (χ1v) is 9.99. The molecule has 3 N–H and O–H groups in total. The molecule has 1 aromatic heterocycles. The minimum atomic E-state index is -1.07. The minimum absolute atomic E-state index is 0.0765. The number of hydrogen-bond acceptors (Lipinski definition) is 5. The Morgan fingerprint density at radius 1 is 1.50 bits per heavy atom. The molecule has 2 amide bonds. The Bertz CT molecular complexity index is 746. The van der Waals surface area contributed by atoms with Crippen LogP contribution >= 0.6 is 0 Å². The third kappa shape index (κ3) is 4.20. The van der Waals surface area contributed by atoms with Crippen LogP contribution in [0.2, 0.25) is 0 Å². The van der Waals surface area contributed by atoms with Crippen LogP contribution in [0.15, 0.2) is 12.3 Å². The highest BCUT2D eigenvalue weighted by molar-refractivity contribution is 7.86. The van der Waals surface area contributed by atoms with Crippen LogP contribution in [-0.4, -0.2) is 50.8 Å². The number of ether oxygens (including phenoxy) is 1. The Hall–Kier alpha value is -2.03. The molecule has 1 unspecified atom stereocenters. The number of halogens is 1. The number of nitrogens with two attached hydrogens (primary N) is 1. The van der Waals surface area contributed by atoms with Crippen LogP contribution in [0.1, 0.15) is 48.2 Å². The second-order valence-electron chi connectivity index (χ2n) is 7.07. The summed E-state index contributed by atoms with van der Waals surface area (Å²) in [5, 5.41) is 2.74. The summed E-state index contributed by atoms with van der Waals surface area (Å²) in [5.41, 5.74) is 5.33. The number of primary amides is 1. The molecule has 0 spiro atoms. The minimum Gasteiger partial charge on any atom is -0.488 e. The predicted molar refractivity (Wildman–Crippen MR) is 94.2 cm³/mol. The summed E-state index contributed by atoms with van der Waals surface area (Å²) in [6, 6.07) is 1.50. The largest absolute Gasteiger partial charge is 0.488 e. The molecule has 1 aromatic rings. The van der Waals surface area contributed by atoms with E-state index in [0.29, 0.717) is 11.7 Å². The van der Waals surface area contributed by atoms with Gasteiger partial charge in [-0.1, -0.05) is 0 Å². The van der Waals surface area contributed by atoms with Gasteiger partial charge in [0.2, 0.25) is 5.91 Å². The molecule has 2 aliphatic rings. The lowest BCUT2D eigenvalue weighted by molar-refractivity contribution is -0.119. The van der Waals surface area contributed by atoms with Gasteiger partial charge in [0.25, 0.3) is 5.91 Å². The van der Waals surface area contributed by atoms with E-state index in [0.717, 1.165) is 18.4 Å². The summed E-state index contributed by atoms with van der Waals surface area (Å²) in [5.74, 6) is 0.0900. The highest BCUT2D eigenvalue weighted by Crippen LogP contribution is 2.44. The van der Waals surface area contributed by atoms with Gasteiger partial charge in [-0.25, -0.2) is 4.39 Å². The fourth-order valence-electron chi connectivity index (χ4n) is 3.05. The van der Waals surface area contributed by atoms with Crippen molar-refractivity contribution in [1.82, 2.24) is 10.3 Å². The number of hydrogen-bond donors (Lipinski definition) is 2. The van der Waals surface area contributed by atoms with Gasteiger partial charge in [-0.2, -0.15) is 0 Å². The quantitative estimate of drug-likeness (QED) is 0.690. The summed E-state index contributed by atoms with van der Waals surface area (Å²) in [6.45, 7) is 0.976. The zero-order valence-electron chi connectivity index (χ0n) is 14.5. The van der Waals surface area contributed by atoms with Crippen molar-refractivity contribution in [3.8, 4) is 5.75 Å². The molecule has 0 radical (unpaired) electrons. The van der Waals surface area contributed by atoms with Crippen molar-refractivity contribution in [3.63, 3.8) is 0 Å². The van der Waals surface area contributed by atoms with Gasteiger partial charge in [0, 0.05) is 40.1 Å². The molecule has 1 atom stereocenters. The SMILES string of the molecule is CC(CF)Oc1cc(C(=O)NC2(CC(N)=O)CS(=O)C2)ncc1C1CC1. The van der Waals surface area contributed by atoms with Crippen LogP contribution in [-0.2, 0) is 15.6 Å². The first kappa shape index (κ1) is 18.8. The molecule has 1 aliphatic heterocycles. The Labute approximate surface area is 153 Å². The molecule has 0 bridgehead atoms. The van der Waals surface area contributed by atoms with Gasteiger partial charge < -0.3 is 15.8 Å². The maximum absolute atomic E-state index is 12.8. The number of pyridine rings is 1. The second kappa shape index (κ2) is 7.30. The van der Waals surface area contributed by atoms with E-state index in [9.17, 15) is 18.2 Å². The topological polar surface area (TPSA) is 111 Å². The van der Waals surface area contributed by atoms with Crippen molar-refractivity contribution in [3.05, 3.63) is 23.5 Å². The van der Waals surface area contributed by atoms with Gasteiger partial charge >= 0.3 is 0 Å². The zero-order chi connectivity index (χ0) is 18.9. The van der Waals surface area contributed by atoms with Crippen LogP contribution in [0.4, 0.5) is 4.39 Å². The number of nitrogens with zero attached hydrogens (tertiary/aromatic N) is 1. The van der Waals surface area contributed by atoms with Gasteiger partial charge in [-0.05, 0) is 25.7 Å². The van der Waals surface area contributed by atoms with E-state index >= 15 is 0 Å². The lowest BCUT2D eigenvalue weighted by Gasteiger charge is -2.40. The molecule has 1 saturated carbocycles. The molecule has 1 aliphatic carbocycles. The average Bonchev–Trinajstić information content (AvgIpc) is 3.37. The van der Waals surface area contributed by atoms with Gasteiger partial charge in [0.05, 0.1) is 12.0 Å². The maximum atomic E-state index is 12.8. The van der Waals surface area contributed by atoms with E-state index in [1.54, 1.807) is 13.1 Å². The maximum Gasteiger partial charge on any atom is 0.270 e. The van der Waals surface area contributed by atoms with Crippen LogP contribution in [0, 0.1) is 0 Å². The Morgan fingerprint density at radius 2 is 2.19 bits per heavy atom. The monoisotopic (exact) mass is 383 g/mol. The first-order chi connectivity index (χ1) is 12.3. The number of aromatic nitrogens is 1. The summed E-state index contributed by atoms with van der Waals surface area (Å²) in [6.07, 6.45) is 2.92. The van der Waals surface area contributed by atoms with Crippen LogP contribution in [0.5, 0.6) is 5.75 Å². The lowest BCUT2D eigenvalue weighted by Crippen LogP contribution is -2.64. The third-order valence-electron chi connectivity index (χ3n) is 4.46. The molecule has 0 aromatic carbocycles. The van der Waals surface area contributed by atoms with Gasteiger partial charge in [-0.15, -0.1) is 0 Å². The van der Waals surface area contributed by atoms with Crippen molar-refractivity contribution in [2.24, 2.45) is 5.73 Å². The number of alkyl halides is 1. The van der Waals surface area contributed by atoms with Gasteiger partial charge in [0.1, 0.15) is 24.2 Å². The van der Waals surface area contributed by atoms with Crippen LogP contribution in [0.25, 0.3) is 0 Å². The smallest absolute Gasteiger partial charge is 0.270 e. The molecule has 26 heavy (non-hydrogen) atoms. The fourth-order valence-corrected chi connectivity index (χ4v) is 4.55. The number of amides is 2. The van der Waals surface area contributed by atoms with Crippen molar-refractivity contribution < 1.29 is 22.9 Å². The molecule has 1 saturated heterocycles. The molecular formula is C17H22FN3O4S. The van der Waals surface area contributed by atoms with Crippen molar-refractivity contribution >= 4 is 22.6 Å². The average molecular weight is 383 g/mol. The van der Waals surface area contributed by atoms with E-state index in [-0.39, 0.29) is 23.6 Å². The summed E-state index contributed by atoms with van der Waals surface area (Å²) in [4.78, 5) is 28.1. The molecule has 7 nitrogen and oxygen atoms in total. The molecule has 2 heterocycles. The van der Waals surface area contributed by atoms with Crippen molar-refractivity contribution in [1.29, 1.82) is 0 Å². The lowest BCUT2D eigenvalue weighted by atomic mass is 9.98. The first-order valence-electron chi connectivity index (χ1n) is 8.50. The van der Waals surface area contributed by atoms with Crippen LogP contribution in [0.3, 0.4) is 0 Å². The summed E-state index contributed by atoms with van der Waals surface area (Å²) < 4.78 is 29.9. The fraction of sp³-hybridized carbons (Fsp3) is 0.588. The van der Waals surface area contributed by atoms with Gasteiger partial charge in [0.15, 0.2) is 0 Å². The summed E-state index contributed by atoms with van der Waals surface area (Å²) in [7, 11) is -1.07. The number of carbonyl (C=O) groups excluding carboxylic acids is 2. The standard InChI is InChI=1S/C17H22FN3O4S/c1-10(6-18)25-14-4-13(20-7-12(14)11-2-3-11)16(23)21-17(5-15(19)22)8-26(24)9-17/h4,7,10-11H,2-3,5-6,8-9H2,1H3,(H2,19,22)(H,21,23). The van der Waals surface area contributed by atoms with E-state index in [1.165, 1.54) is 6.07 Å². The Balaban J connectivity index is 1.79. The van der Waals surface area contributed by atoms with Crippen molar-refractivity contribution in [2.45, 2.75) is 43.7 Å². The summed E-state index contributed by atoms with van der Waals surface area (Å²) >= 11 is 0. The molecular weight excluding hydrogens is 361 g/mol. The van der Waals surface area contributed by atoms with E-state index < -0.39 is 40.9 Å². The molecule has 2 fully saturated rings. The number of nitrogens with one attached hydrogen (secondary N) is 1. The third-order valence-corrected chi connectivity index (χ3v) is 6.21. The van der Waals surface area contributed by atoms with Gasteiger partial charge in [-0.3, -0.25) is 18.8 Å². The van der Waals surface area contributed by atoms with E-state index in [1.807, 2.05) is 0 Å². The van der Waals surface area contributed by atoms with E-state index in [2.05, 4.69) is 10.3 Å². The highest BCUT2D eigenvalue weighted by atomic mass is 32.2. The number of rotatable bonds is 8. The van der Waals surface area contributed by atoms with E-state index in [4.69, 9.17) is 10.5 Å². The molecule has 142 valence electrons. The highest BCUT2D eigenvalue weighted by Gasteiger charge is 2.45. The van der Waals surface area contributed by atoms with Crippen molar-refractivity contribution in [2.75, 3.05) is 18.2 Å². The zero-order valence-corrected chi connectivity index (χ0v) is 15.3. The van der Waals surface area contributed by atoms with Crippen LogP contribution < -0.4 is 15.8 Å². The second-order valence-corrected chi connectivity index (χ2v) is 8.53. The Kier molecular flexibility index (Phi) is 5.27. The molecule has 9 heteroatoms. The number of carbonyl (C=O) groups is 2. The predicted octanol–water partition coefficient (Wildman–Crippen LogP) is 0.802. The normalized spacial score (nSPS) is 25.8. The molecule has 3 rings (SSSR count). The Morgan fingerprint density at radius 3 is 2.73 bits per heavy atom.